The number of aromatic nitrogens is 2. The Hall–Kier alpha value is -2.20. The highest BCUT2D eigenvalue weighted by Crippen LogP contribution is 2.26. The van der Waals surface area contributed by atoms with Gasteiger partial charge in [0.25, 0.3) is 0 Å². The molecule has 102 valence electrons. The fourth-order valence-corrected chi connectivity index (χ4v) is 2.41. The number of halogens is 1. The minimum Gasteiger partial charge on any atom is -0.324 e. The number of aryl methyl sites for hydroxylation is 1. The molecule has 0 fully saturated rings. The first-order valence-electron chi connectivity index (χ1n) is 6.56. The summed E-state index contributed by atoms with van der Waals surface area (Å²) in [5, 5.41) is 0. The van der Waals surface area contributed by atoms with E-state index in [1.807, 2.05) is 41.8 Å². The third-order valence-electron chi connectivity index (χ3n) is 3.51. The van der Waals surface area contributed by atoms with Gasteiger partial charge in [0.05, 0.1) is 16.7 Å². The van der Waals surface area contributed by atoms with Gasteiger partial charge in [-0.25, -0.2) is 9.37 Å². The molecule has 0 saturated carbocycles. The number of rotatable bonds is 2. The average Bonchev–Trinajstić information content (AvgIpc) is 2.85. The molecule has 0 amide bonds. The standard InChI is InChI=1S/C16H16FN3/c1-10-7-16(12(11(2)18)8-13(10)17)20-9-19-14-5-3-4-6-15(14)20/h3-9,11H,18H2,1-2H3/t11-/m1/s1. The quantitative estimate of drug-likeness (QED) is 0.774. The zero-order valence-corrected chi connectivity index (χ0v) is 11.5. The van der Waals surface area contributed by atoms with Crippen molar-refractivity contribution in [2.24, 2.45) is 5.73 Å². The largest absolute Gasteiger partial charge is 0.324 e. The maximum absolute atomic E-state index is 13.8. The molecule has 2 N–H and O–H groups in total. The van der Waals surface area contributed by atoms with Gasteiger partial charge in [-0.15, -0.1) is 0 Å². The average molecular weight is 269 g/mol. The highest BCUT2D eigenvalue weighted by atomic mass is 19.1. The highest BCUT2D eigenvalue weighted by molar-refractivity contribution is 5.77. The van der Waals surface area contributed by atoms with Crippen molar-refractivity contribution in [3.63, 3.8) is 0 Å². The SMILES string of the molecule is Cc1cc(-n2cnc3ccccc32)c([C@@H](C)N)cc1F. The molecule has 20 heavy (non-hydrogen) atoms. The van der Waals surface area contributed by atoms with Gasteiger partial charge in [-0.1, -0.05) is 12.1 Å². The van der Waals surface area contributed by atoms with Crippen LogP contribution >= 0.6 is 0 Å². The highest BCUT2D eigenvalue weighted by Gasteiger charge is 2.14. The van der Waals surface area contributed by atoms with Gasteiger partial charge in [0.2, 0.25) is 0 Å². The maximum Gasteiger partial charge on any atom is 0.126 e. The summed E-state index contributed by atoms with van der Waals surface area (Å²) in [7, 11) is 0. The van der Waals surface area contributed by atoms with Gasteiger partial charge in [-0.3, -0.25) is 4.57 Å². The first kappa shape index (κ1) is 12.8. The number of benzene rings is 2. The van der Waals surface area contributed by atoms with E-state index in [1.54, 1.807) is 13.3 Å². The predicted octanol–water partition coefficient (Wildman–Crippen LogP) is 3.49. The Morgan fingerprint density at radius 2 is 2.00 bits per heavy atom. The van der Waals surface area contributed by atoms with E-state index in [4.69, 9.17) is 5.73 Å². The molecule has 1 heterocycles. The number of para-hydroxylation sites is 2. The van der Waals surface area contributed by atoms with Crippen molar-refractivity contribution < 1.29 is 4.39 Å². The number of imidazole rings is 1. The second-order valence-electron chi connectivity index (χ2n) is 5.05. The van der Waals surface area contributed by atoms with Crippen molar-refractivity contribution in [1.29, 1.82) is 0 Å². The van der Waals surface area contributed by atoms with Crippen LogP contribution in [0.15, 0.2) is 42.7 Å². The molecule has 0 spiro atoms. The van der Waals surface area contributed by atoms with Crippen LogP contribution in [0.5, 0.6) is 0 Å². The molecular weight excluding hydrogens is 253 g/mol. The molecule has 4 heteroatoms. The van der Waals surface area contributed by atoms with Crippen LogP contribution in [0, 0.1) is 12.7 Å². The minimum absolute atomic E-state index is 0.231. The summed E-state index contributed by atoms with van der Waals surface area (Å²) < 4.78 is 15.8. The summed E-state index contributed by atoms with van der Waals surface area (Å²) in [5.74, 6) is -0.231. The molecule has 3 nitrogen and oxygen atoms in total. The lowest BCUT2D eigenvalue weighted by atomic mass is 10.0. The van der Waals surface area contributed by atoms with E-state index in [0.717, 1.165) is 22.3 Å². The Labute approximate surface area is 116 Å². The van der Waals surface area contributed by atoms with Crippen molar-refractivity contribution in [2.75, 3.05) is 0 Å². The summed E-state index contributed by atoms with van der Waals surface area (Å²) >= 11 is 0. The maximum atomic E-state index is 13.8. The molecule has 0 saturated heterocycles. The van der Waals surface area contributed by atoms with Gasteiger partial charge < -0.3 is 5.73 Å². The molecule has 3 aromatic rings. The Balaban J connectivity index is 2.31. The lowest BCUT2D eigenvalue weighted by Gasteiger charge is -2.15. The summed E-state index contributed by atoms with van der Waals surface area (Å²) in [4.78, 5) is 4.38. The fraction of sp³-hybridized carbons (Fsp3) is 0.188. The van der Waals surface area contributed by atoms with Crippen molar-refractivity contribution in [3.05, 3.63) is 59.7 Å². The Bertz CT molecular complexity index is 774. The molecule has 0 aliphatic carbocycles. The number of hydrogen-bond donors (Lipinski definition) is 1. The van der Waals surface area contributed by atoms with E-state index in [9.17, 15) is 4.39 Å². The summed E-state index contributed by atoms with van der Waals surface area (Å²) in [5.41, 5.74) is 10.1. The Kier molecular flexibility index (Phi) is 3.03. The third kappa shape index (κ3) is 1.98. The Morgan fingerprint density at radius 1 is 1.25 bits per heavy atom. The van der Waals surface area contributed by atoms with Crippen LogP contribution in [-0.2, 0) is 0 Å². The monoisotopic (exact) mass is 269 g/mol. The molecule has 0 aliphatic heterocycles. The van der Waals surface area contributed by atoms with Crippen molar-refractivity contribution >= 4 is 11.0 Å². The fourth-order valence-electron chi connectivity index (χ4n) is 2.41. The molecule has 0 aliphatic rings. The minimum atomic E-state index is -0.249. The van der Waals surface area contributed by atoms with E-state index in [0.29, 0.717) is 5.56 Å². The number of nitrogens with zero attached hydrogens (tertiary/aromatic N) is 2. The van der Waals surface area contributed by atoms with E-state index < -0.39 is 0 Å². The van der Waals surface area contributed by atoms with E-state index >= 15 is 0 Å². The zero-order chi connectivity index (χ0) is 14.3. The number of nitrogens with two attached hydrogens (primary N) is 1. The molecule has 0 radical (unpaired) electrons. The van der Waals surface area contributed by atoms with Gasteiger partial charge in [0.1, 0.15) is 12.1 Å². The molecule has 0 unspecified atom stereocenters. The number of hydrogen-bond acceptors (Lipinski definition) is 2. The van der Waals surface area contributed by atoms with Crippen LogP contribution < -0.4 is 5.73 Å². The number of fused-ring (bicyclic) bond motifs is 1. The summed E-state index contributed by atoms with van der Waals surface area (Å²) in [6.45, 7) is 3.61. The molecule has 1 aromatic heterocycles. The van der Waals surface area contributed by atoms with Crippen molar-refractivity contribution in [3.8, 4) is 5.69 Å². The smallest absolute Gasteiger partial charge is 0.126 e. The van der Waals surface area contributed by atoms with Crippen LogP contribution in [0.3, 0.4) is 0 Å². The van der Waals surface area contributed by atoms with Gasteiger partial charge in [-0.05, 0) is 49.2 Å². The van der Waals surface area contributed by atoms with Gasteiger partial charge in [0.15, 0.2) is 0 Å². The first-order valence-corrected chi connectivity index (χ1v) is 6.56. The van der Waals surface area contributed by atoms with Crippen molar-refractivity contribution in [1.82, 2.24) is 9.55 Å². The van der Waals surface area contributed by atoms with Crippen LogP contribution in [-0.4, -0.2) is 9.55 Å². The lowest BCUT2D eigenvalue weighted by molar-refractivity contribution is 0.612. The van der Waals surface area contributed by atoms with Gasteiger partial charge in [-0.2, -0.15) is 0 Å². The van der Waals surface area contributed by atoms with Gasteiger partial charge >= 0.3 is 0 Å². The van der Waals surface area contributed by atoms with E-state index in [-0.39, 0.29) is 11.9 Å². The van der Waals surface area contributed by atoms with Crippen LogP contribution in [0.2, 0.25) is 0 Å². The topological polar surface area (TPSA) is 43.8 Å². The molecular formula is C16H16FN3. The van der Waals surface area contributed by atoms with Crippen LogP contribution in [0.25, 0.3) is 16.7 Å². The van der Waals surface area contributed by atoms with Crippen LogP contribution in [0.1, 0.15) is 24.1 Å². The lowest BCUT2D eigenvalue weighted by Crippen LogP contribution is -2.10. The Morgan fingerprint density at radius 3 is 2.75 bits per heavy atom. The van der Waals surface area contributed by atoms with E-state index in [2.05, 4.69) is 4.98 Å². The second kappa shape index (κ2) is 4.72. The van der Waals surface area contributed by atoms with Crippen LogP contribution in [0.4, 0.5) is 4.39 Å². The molecule has 3 rings (SSSR count). The summed E-state index contributed by atoms with van der Waals surface area (Å²) in [6, 6.07) is 10.9. The van der Waals surface area contributed by atoms with Crippen molar-refractivity contribution in [2.45, 2.75) is 19.9 Å². The second-order valence-corrected chi connectivity index (χ2v) is 5.05. The zero-order valence-electron chi connectivity index (χ0n) is 11.5. The molecule has 2 aromatic carbocycles. The predicted molar refractivity (Wildman–Crippen MR) is 78.4 cm³/mol. The molecule has 0 bridgehead atoms. The van der Waals surface area contributed by atoms with E-state index in [1.165, 1.54) is 6.07 Å². The van der Waals surface area contributed by atoms with Gasteiger partial charge in [0, 0.05) is 6.04 Å². The first-order chi connectivity index (χ1) is 9.58. The summed E-state index contributed by atoms with van der Waals surface area (Å²) in [6.07, 6.45) is 1.75. The molecule has 1 atom stereocenters. The third-order valence-corrected chi connectivity index (χ3v) is 3.51. The normalized spacial score (nSPS) is 12.8.